The number of rotatable bonds is 7. The zero-order valence-corrected chi connectivity index (χ0v) is 18.1. The summed E-state index contributed by atoms with van der Waals surface area (Å²) in [4.78, 5) is 26.2. The van der Waals surface area contributed by atoms with Crippen LogP contribution < -0.4 is 20.7 Å². The molecule has 1 aromatic carbocycles. The highest BCUT2D eigenvalue weighted by molar-refractivity contribution is 5.86. The van der Waals surface area contributed by atoms with E-state index in [9.17, 15) is 4.79 Å². The molecule has 166 valence electrons. The van der Waals surface area contributed by atoms with Crippen LogP contribution in [0, 0.1) is 0 Å². The molecule has 2 saturated heterocycles. The lowest BCUT2D eigenvalue weighted by Crippen LogP contribution is -2.48. The number of nitrogens with zero attached hydrogens (tertiary/aromatic N) is 4. The van der Waals surface area contributed by atoms with Gasteiger partial charge in [0, 0.05) is 38.0 Å². The summed E-state index contributed by atoms with van der Waals surface area (Å²) in [6, 6.07) is 9.33. The number of benzene rings is 1. The Morgan fingerprint density at radius 1 is 1.19 bits per heavy atom. The third-order valence-electron chi connectivity index (χ3n) is 5.92. The molecule has 1 amide bonds. The van der Waals surface area contributed by atoms with Crippen molar-refractivity contribution in [3.63, 3.8) is 0 Å². The quantitative estimate of drug-likeness (QED) is 0.695. The van der Waals surface area contributed by atoms with Crippen LogP contribution in [0.25, 0.3) is 0 Å². The number of amides is 1. The number of nitrogen functional groups attached to an aromatic ring is 1. The van der Waals surface area contributed by atoms with E-state index in [1.165, 1.54) is 0 Å². The van der Waals surface area contributed by atoms with E-state index in [0.29, 0.717) is 18.2 Å². The van der Waals surface area contributed by atoms with Crippen molar-refractivity contribution in [1.29, 1.82) is 0 Å². The molecule has 3 N–H and O–H groups in total. The zero-order valence-electron chi connectivity index (χ0n) is 18.1. The molecule has 2 aliphatic heterocycles. The Kier molecular flexibility index (Phi) is 6.41. The van der Waals surface area contributed by atoms with Crippen molar-refractivity contribution in [2.24, 2.45) is 0 Å². The van der Waals surface area contributed by atoms with Crippen LogP contribution in [0.5, 0.6) is 5.75 Å². The molecule has 2 fully saturated rings. The molecule has 4 rings (SSSR count). The molecular formula is C22H30N6O3. The van der Waals surface area contributed by atoms with Crippen molar-refractivity contribution in [1.82, 2.24) is 14.9 Å². The van der Waals surface area contributed by atoms with Crippen LogP contribution in [-0.4, -0.2) is 66.8 Å². The first-order valence-electron chi connectivity index (χ1n) is 10.7. The number of nitrogens with two attached hydrogens (primary N) is 1. The monoisotopic (exact) mass is 426 g/mol. The van der Waals surface area contributed by atoms with Gasteiger partial charge in [-0.15, -0.1) is 0 Å². The first-order chi connectivity index (χ1) is 15.1. The molecule has 2 aromatic rings. The summed E-state index contributed by atoms with van der Waals surface area (Å²) < 4.78 is 10.6. The van der Waals surface area contributed by atoms with Gasteiger partial charge in [-0.2, -0.15) is 9.97 Å². The third-order valence-corrected chi connectivity index (χ3v) is 5.92. The van der Waals surface area contributed by atoms with Crippen molar-refractivity contribution < 1.29 is 14.3 Å². The largest absolute Gasteiger partial charge is 0.497 e. The van der Waals surface area contributed by atoms with E-state index in [-0.39, 0.29) is 23.9 Å². The Labute approximate surface area is 182 Å². The number of hydrogen-bond acceptors (Lipinski definition) is 8. The summed E-state index contributed by atoms with van der Waals surface area (Å²) >= 11 is 0. The van der Waals surface area contributed by atoms with Crippen LogP contribution in [0.3, 0.4) is 0 Å². The van der Waals surface area contributed by atoms with Crippen LogP contribution in [0.1, 0.15) is 25.7 Å². The summed E-state index contributed by atoms with van der Waals surface area (Å²) in [7, 11) is 3.31. The van der Waals surface area contributed by atoms with Gasteiger partial charge in [-0.05, 0) is 37.8 Å². The Morgan fingerprint density at radius 2 is 2.03 bits per heavy atom. The molecule has 3 heterocycles. The Balaban J connectivity index is 1.54. The fourth-order valence-electron chi connectivity index (χ4n) is 4.49. The molecule has 0 radical (unpaired) electrons. The molecule has 2 aliphatic rings. The summed E-state index contributed by atoms with van der Waals surface area (Å²) in [5, 5.41) is 3.26. The molecule has 0 unspecified atom stereocenters. The topological polar surface area (TPSA) is 106 Å². The van der Waals surface area contributed by atoms with Crippen molar-refractivity contribution in [2.75, 3.05) is 49.9 Å². The van der Waals surface area contributed by atoms with Gasteiger partial charge >= 0.3 is 0 Å². The van der Waals surface area contributed by atoms with Gasteiger partial charge in [0.25, 0.3) is 0 Å². The maximum absolute atomic E-state index is 13.4. The van der Waals surface area contributed by atoms with E-state index >= 15 is 0 Å². The van der Waals surface area contributed by atoms with Gasteiger partial charge in [-0.25, -0.2) is 0 Å². The van der Waals surface area contributed by atoms with E-state index in [2.05, 4.69) is 20.2 Å². The van der Waals surface area contributed by atoms with Crippen molar-refractivity contribution in [3.8, 4) is 5.75 Å². The lowest BCUT2D eigenvalue weighted by atomic mass is 10.1. The number of anilines is 4. The Bertz CT molecular complexity index is 924. The van der Waals surface area contributed by atoms with Crippen LogP contribution >= 0.6 is 0 Å². The normalized spacial score (nSPS) is 20.8. The smallest absolute Gasteiger partial charge is 0.245 e. The number of likely N-dealkylation sites (tertiary alicyclic amines) is 1. The van der Waals surface area contributed by atoms with Crippen molar-refractivity contribution >= 4 is 29.2 Å². The van der Waals surface area contributed by atoms with Crippen LogP contribution in [0.4, 0.5) is 23.3 Å². The maximum atomic E-state index is 13.4. The molecule has 0 saturated carbocycles. The second-order valence-corrected chi connectivity index (χ2v) is 7.96. The molecule has 9 heteroatoms. The molecular weight excluding hydrogens is 396 g/mol. The van der Waals surface area contributed by atoms with Gasteiger partial charge in [0.15, 0.2) is 0 Å². The molecule has 1 aromatic heterocycles. The summed E-state index contributed by atoms with van der Waals surface area (Å²) in [5.74, 6) is 2.30. The average Bonchev–Trinajstić information content (AvgIpc) is 3.43. The highest BCUT2D eigenvalue weighted by Gasteiger charge is 2.38. The molecule has 0 spiro atoms. The highest BCUT2D eigenvalue weighted by atomic mass is 16.5. The zero-order chi connectivity index (χ0) is 21.8. The number of carbonyl (C=O) groups excluding carboxylic acids is 1. The number of methoxy groups -OCH3 is 2. The second kappa shape index (κ2) is 9.38. The SMILES string of the molecule is COC[C@@H]1CCCN1C(=O)[C@@H]1CCCN1c1cc(Nc2cccc(OC)c2)nc(N)n1. The Hall–Kier alpha value is -3.07. The molecule has 0 bridgehead atoms. The maximum Gasteiger partial charge on any atom is 0.245 e. The fourth-order valence-corrected chi connectivity index (χ4v) is 4.49. The van der Waals surface area contributed by atoms with Gasteiger partial charge in [0.05, 0.1) is 19.8 Å². The standard InChI is InChI=1S/C22H30N6O3/c1-30-14-16-7-4-10-27(16)21(29)18-9-5-11-28(18)20-13-19(25-22(23)26-20)24-15-6-3-8-17(12-15)31-2/h3,6,8,12-13,16,18H,4-5,7,9-11,14H2,1-2H3,(H3,23,24,25,26)/t16-,18-/m0/s1. The van der Waals surface area contributed by atoms with Gasteiger partial charge in [0.2, 0.25) is 11.9 Å². The van der Waals surface area contributed by atoms with E-state index in [1.807, 2.05) is 35.2 Å². The lowest BCUT2D eigenvalue weighted by molar-refractivity contribution is -0.134. The van der Waals surface area contributed by atoms with E-state index in [1.54, 1.807) is 14.2 Å². The number of ether oxygens (including phenoxy) is 2. The summed E-state index contributed by atoms with van der Waals surface area (Å²) in [6.45, 7) is 2.12. The fraction of sp³-hybridized carbons (Fsp3) is 0.500. The first kappa shape index (κ1) is 21.2. The number of carbonyl (C=O) groups is 1. The third kappa shape index (κ3) is 4.66. The van der Waals surface area contributed by atoms with Crippen molar-refractivity contribution in [3.05, 3.63) is 30.3 Å². The second-order valence-electron chi connectivity index (χ2n) is 7.96. The van der Waals surface area contributed by atoms with Crippen LogP contribution in [0.15, 0.2) is 30.3 Å². The molecule has 2 atom stereocenters. The molecule has 9 nitrogen and oxygen atoms in total. The Morgan fingerprint density at radius 3 is 2.84 bits per heavy atom. The number of hydrogen-bond donors (Lipinski definition) is 2. The predicted octanol–water partition coefficient (Wildman–Crippen LogP) is 2.42. The highest BCUT2D eigenvalue weighted by Crippen LogP contribution is 2.30. The van der Waals surface area contributed by atoms with Crippen LogP contribution in [0.2, 0.25) is 0 Å². The molecule has 0 aliphatic carbocycles. The first-order valence-corrected chi connectivity index (χ1v) is 10.7. The van der Waals surface area contributed by atoms with E-state index in [4.69, 9.17) is 15.2 Å². The minimum Gasteiger partial charge on any atom is -0.497 e. The number of nitrogens with one attached hydrogen (secondary N) is 1. The minimum absolute atomic E-state index is 0.150. The van der Waals surface area contributed by atoms with Crippen molar-refractivity contribution in [2.45, 2.75) is 37.8 Å². The van der Waals surface area contributed by atoms with Crippen LogP contribution in [-0.2, 0) is 9.53 Å². The van der Waals surface area contributed by atoms with Gasteiger partial charge < -0.3 is 30.3 Å². The van der Waals surface area contributed by atoms with E-state index < -0.39 is 0 Å². The predicted molar refractivity (Wildman–Crippen MR) is 120 cm³/mol. The number of aromatic nitrogens is 2. The van der Waals surface area contributed by atoms with Gasteiger partial charge in [-0.1, -0.05) is 6.07 Å². The molecule has 31 heavy (non-hydrogen) atoms. The summed E-state index contributed by atoms with van der Waals surface area (Å²) in [5.41, 5.74) is 6.85. The van der Waals surface area contributed by atoms with E-state index in [0.717, 1.165) is 50.2 Å². The van der Waals surface area contributed by atoms with Gasteiger partial charge in [0.1, 0.15) is 23.4 Å². The summed E-state index contributed by atoms with van der Waals surface area (Å²) in [6.07, 6.45) is 3.74. The average molecular weight is 427 g/mol. The lowest BCUT2D eigenvalue weighted by Gasteiger charge is -2.32. The van der Waals surface area contributed by atoms with Gasteiger partial charge in [-0.3, -0.25) is 4.79 Å². The minimum atomic E-state index is -0.239.